The lowest BCUT2D eigenvalue weighted by molar-refractivity contribution is 0.0683. The number of anilines is 1. The van der Waals surface area contributed by atoms with E-state index in [4.69, 9.17) is 14.4 Å². The van der Waals surface area contributed by atoms with Gasteiger partial charge in [-0.2, -0.15) is 4.98 Å². The maximum Gasteiger partial charge on any atom is 0.374 e. The standard InChI is InChI=1S/C11H12N4O4/c1-6-7-9(15-2-4-18-5-3-15)12-8(11(16)17)13-10(7)19-14-6/h2-5H2,1H3,(H,16,17). The minimum absolute atomic E-state index is 0.200. The van der Waals surface area contributed by atoms with Crippen LogP contribution in [0.5, 0.6) is 0 Å². The van der Waals surface area contributed by atoms with E-state index in [0.717, 1.165) is 0 Å². The minimum Gasteiger partial charge on any atom is -0.475 e. The van der Waals surface area contributed by atoms with Gasteiger partial charge in [-0.05, 0) is 6.92 Å². The number of nitrogens with zero attached hydrogens (tertiary/aromatic N) is 4. The van der Waals surface area contributed by atoms with E-state index in [9.17, 15) is 4.79 Å². The van der Waals surface area contributed by atoms with E-state index < -0.39 is 5.97 Å². The van der Waals surface area contributed by atoms with E-state index in [1.54, 1.807) is 6.92 Å². The van der Waals surface area contributed by atoms with Gasteiger partial charge >= 0.3 is 5.97 Å². The predicted octanol–water partition coefficient (Wildman–Crippen LogP) is 0.461. The molecule has 1 aliphatic heterocycles. The average Bonchev–Trinajstić information content (AvgIpc) is 2.80. The van der Waals surface area contributed by atoms with E-state index >= 15 is 0 Å². The molecular formula is C11H12N4O4. The van der Waals surface area contributed by atoms with Crippen molar-refractivity contribution in [2.24, 2.45) is 0 Å². The van der Waals surface area contributed by atoms with Crippen molar-refractivity contribution in [3.8, 4) is 0 Å². The Morgan fingerprint density at radius 2 is 2.05 bits per heavy atom. The third kappa shape index (κ3) is 1.99. The van der Waals surface area contributed by atoms with Crippen LogP contribution in [0.25, 0.3) is 11.1 Å². The second kappa shape index (κ2) is 4.47. The Bertz CT molecular complexity index is 633. The summed E-state index contributed by atoms with van der Waals surface area (Å²) in [6.45, 7) is 4.24. The number of carboxylic acids is 1. The lowest BCUT2D eigenvalue weighted by Gasteiger charge is -2.28. The van der Waals surface area contributed by atoms with E-state index in [0.29, 0.717) is 43.2 Å². The molecule has 8 heteroatoms. The molecule has 2 aromatic rings. The summed E-state index contributed by atoms with van der Waals surface area (Å²) >= 11 is 0. The van der Waals surface area contributed by atoms with Crippen LogP contribution in [0.15, 0.2) is 4.52 Å². The highest BCUT2D eigenvalue weighted by atomic mass is 16.5. The van der Waals surface area contributed by atoms with Crippen LogP contribution < -0.4 is 4.90 Å². The molecule has 0 radical (unpaired) electrons. The van der Waals surface area contributed by atoms with Crippen LogP contribution in [0.3, 0.4) is 0 Å². The summed E-state index contributed by atoms with van der Waals surface area (Å²) in [6, 6.07) is 0. The first-order valence-corrected chi connectivity index (χ1v) is 5.87. The van der Waals surface area contributed by atoms with Gasteiger partial charge in [0, 0.05) is 13.1 Å². The molecule has 0 atom stereocenters. The van der Waals surface area contributed by atoms with Crippen molar-refractivity contribution < 1.29 is 19.2 Å². The van der Waals surface area contributed by atoms with E-state index in [1.165, 1.54) is 0 Å². The molecule has 0 spiro atoms. The Morgan fingerprint density at radius 1 is 1.32 bits per heavy atom. The number of carboxylic acid groups (broad SMARTS) is 1. The first kappa shape index (κ1) is 11.8. The Balaban J connectivity index is 2.18. The maximum atomic E-state index is 11.1. The molecule has 1 fully saturated rings. The minimum atomic E-state index is -1.19. The van der Waals surface area contributed by atoms with Gasteiger partial charge < -0.3 is 19.3 Å². The number of aromatic carboxylic acids is 1. The molecule has 0 amide bonds. The Hall–Kier alpha value is -2.22. The van der Waals surface area contributed by atoms with Crippen molar-refractivity contribution in [3.63, 3.8) is 0 Å². The molecule has 0 saturated carbocycles. The molecule has 3 heterocycles. The fourth-order valence-corrected chi connectivity index (χ4v) is 2.07. The van der Waals surface area contributed by atoms with Gasteiger partial charge in [-0.3, -0.25) is 0 Å². The van der Waals surface area contributed by atoms with Crippen LogP contribution in [-0.4, -0.2) is 52.5 Å². The average molecular weight is 264 g/mol. The van der Waals surface area contributed by atoms with Crippen LogP contribution >= 0.6 is 0 Å². The Kier molecular flexibility index (Phi) is 2.79. The molecule has 0 aromatic carbocycles. The van der Waals surface area contributed by atoms with Crippen LogP contribution in [0.2, 0.25) is 0 Å². The largest absolute Gasteiger partial charge is 0.475 e. The van der Waals surface area contributed by atoms with Crippen molar-refractivity contribution in [2.45, 2.75) is 6.92 Å². The highest BCUT2D eigenvalue weighted by Crippen LogP contribution is 2.27. The molecule has 100 valence electrons. The fourth-order valence-electron chi connectivity index (χ4n) is 2.07. The molecule has 8 nitrogen and oxygen atoms in total. The summed E-state index contributed by atoms with van der Waals surface area (Å²) in [5, 5.41) is 13.5. The summed E-state index contributed by atoms with van der Waals surface area (Å²) in [6.07, 6.45) is 0. The van der Waals surface area contributed by atoms with Crippen LogP contribution in [0.4, 0.5) is 5.82 Å². The zero-order valence-corrected chi connectivity index (χ0v) is 10.3. The first-order valence-electron chi connectivity index (χ1n) is 5.87. The molecule has 0 bridgehead atoms. The first-order chi connectivity index (χ1) is 9.16. The van der Waals surface area contributed by atoms with Crippen molar-refractivity contribution in [1.82, 2.24) is 15.1 Å². The normalized spacial score (nSPS) is 15.9. The molecule has 1 saturated heterocycles. The van der Waals surface area contributed by atoms with Gasteiger partial charge in [0.05, 0.1) is 18.9 Å². The Labute approximate surface area is 108 Å². The van der Waals surface area contributed by atoms with Gasteiger partial charge in [0.1, 0.15) is 11.2 Å². The number of hydrogen-bond acceptors (Lipinski definition) is 7. The molecule has 19 heavy (non-hydrogen) atoms. The highest BCUT2D eigenvalue weighted by Gasteiger charge is 2.23. The van der Waals surface area contributed by atoms with E-state index in [-0.39, 0.29) is 11.5 Å². The number of fused-ring (bicyclic) bond motifs is 1. The summed E-state index contributed by atoms with van der Waals surface area (Å²) in [4.78, 5) is 21.0. The summed E-state index contributed by atoms with van der Waals surface area (Å²) < 4.78 is 10.3. The number of hydrogen-bond donors (Lipinski definition) is 1. The SMILES string of the molecule is Cc1noc2nc(C(=O)O)nc(N3CCOCC3)c12. The zero-order valence-electron chi connectivity index (χ0n) is 10.3. The number of aromatic nitrogens is 3. The van der Waals surface area contributed by atoms with Gasteiger partial charge in [0.25, 0.3) is 5.71 Å². The number of carbonyl (C=O) groups is 1. The zero-order chi connectivity index (χ0) is 13.4. The predicted molar refractivity (Wildman–Crippen MR) is 64.3 cm³/mol. The molecule has 3 rings (SSSR count). The van der Waals surface area contributed by atoms with Crippen molar-refractivity contribution in [2.75, 3.05) is 31.2 Å². The topological polar surface area (TPSA) is 102 Å². The van der Waals surface area contributed by atoms with Gasteiger partial charge in [0.15, 0.2) is 0 Å². The molecule has 1 aliphatic rings. The second-order valence-electron chi connectivity index (χ2n) is 4.22. The quantitative estimate of drug-likeness (QED) is 0.834. The highest BCUT2D eigenvalue weighted by molar-refractivity contribution is 5.92. The van der Waals surface area contributed by atoms with Crippen molar-refractivity contribution >= 4 is 22.9 Å². The molecule has 2 aromatic heterocycles. The molecular weight excluding hydrogens is 252 g/mol. The van der Waals surface area contributed by atoms with Gasteiger partial charge in [-0.1, -0.05) is 5.16 Å². The van der Waals surface area contributed by atoms with Crippen LogP contribution in [0.1, 0.15) is 16.3 Å². The van der Waals surface area contributed by atoms with Crippen molar-refractivity contribution in [3.05, 3.63) is 11.5 Å². The van der Waals surface area contributed by atoms with Crippen molar-refractivity contribution in [1.29, 1.82) is 0 Å². The lowest BCUT2D eigenvalue weighted by Crippen LogP contribution is -2.37. The lowest BCUT2D eigenvalue weighted by atomic mass is 10.2. The third-order valence-electron chi connectivity index (χ3n) is 2.99. The fraction of sp³-hybridized carbons (Fsp3) is 0.455. The number of morpholine rings is 1. The number of aryl methyl sites for hydroxylation is 1. The molecule has 0 aliphatic carbocycles. The van der Waals surface area contributed by atoms with Gasteiger partial charge in [-0.15, -0.1) is 0 Å². The van der Waals surface area contributed by atoms with E-state index in [1.807, 2.05) is 4.90 Å². The van der Waals surface area contributed by atoms with E-state index in [2.05, 4.69) is 15.1 Å². The number of rotatable bonds is 2. The molecule has 0 unspecified atom stereocenters. The summed E-state index contributed by atoms with van der Waals surface area (Å²) in [7, 11) is 0. The second-order valence-corrected chi connectivity index (χ2v) is 4.22. The van der Waals surface area contributed by atoms with Gasteiger partial charge in [-0.25, -0.2) is 9.78 Å². The Morgan fingerprint density at radius 3 is 2.74 bits per heavy atom. The maximum absolute atomic E-state index is 11.1. The third-order valence-corrected chi connectivity index (χ3v) is 2.99. The number of ether oxygens (including phenoxy) is 1. The smallest absolute Gasteiger partial charge is 0.374 e. The molecule has 1 N–H and O–H groups in total. The van der Waals surface area contributed by atoms with Crippen LogP contribution in [0, 0.1) is 6.92 Å². The van der Waals surface area contributed by atoms with Crippen LogP contribution in [-0.2, 0) is 4.74 Å². The summed E-state index contributed by atoms with van der Waals surface area (Å²) in [5.74, 6) is -0.931. The summed E-state index contributed by atoms with van der Waals surface area (Å²) in [5.41, 5.74) is 0.847. The van der Waals surface area contributed by atoms with Gasteiger partial charge in [0.2, 0.25) is 5.82 Å². The monoisotopic (exact) mass is 264 g/mol.